The van der Waals surface area contributed by atoms with Crippen LogP contribution in [0.1, 0.15) is 0 Å². The van der Waals surface area contributed by atoms with Crippen LogP contribution < -0.4 is 88.1 Å². The van der Waals surface area contributed by atoms with Crippen molar-refractivity contribution in [2.24, 2.45) is 0 Å². The Morgan fingerprint density at radius 3 is 0.750 bits per heavy atom. The summed E-state index contributed by atoms with van der Waals surface area (Å²) in [6.07, 6.45) is 6.72. The van der Waals surface area contributed by atoms with Crippen molar-refractivity contribution < 1.29 is 70.6 Å². The van der Waals surface area contributed by atoms with Crippen molar-refractivity contribution in [2.75, 3.05) is 40.6 Å². The molecule has 6 N–H and O–H groups in total. The van der Waals surface area contributed by atoms with E-state index in [1.54, 1.807) is 57.2 Å². The molecule has 0 saturated carbocycles. The Morgan fingerprint density at radius 1 is 0.266 bits per heavy atom. The number of aromatic nitrogens is 2. The Labute approximate surface area is 819 Å². The van der Waals surface area contributed by atoms with Crippen molar-refractivity contribution in [2.45, 2.75) is 0 Å². The molecule has 20 heteroatoms. The molecule has 12 nitrogen and oxygen atoms in total. The molecule has 18 aromatic rings. The summed E-state index contributed by atoms with van der Waals surface area (Å²) in [5.41, 5.74) is 2.54. The first-order valence-corrected chi connectivity index (χ1v) is 46.7. The number of rotatable bonds is 22. The molecule has 0 aliphatic heterocycles. The van der Waals surface area contributed by atoms with Crippen LogP contribution in [0.3, 0.4) is 0 Å². The summed E-state index contributed by atoms with van der Waals surface area (Å²) in [7, 11) is 0.0800. The maximum Gasteiger partial charge on any atom is 2.00 e. The molecule has 0 bridgehead atoms. The van der Waals surface area contributed by atoms with Crippen LogP contribution in [0.5, 0.6) is 23.0 Å². The van der Waals surface area contributed by atoms with E-state index >= 15 is 0 Å². The fourth-order valence-corrected chi connectivity index (χ4v) is 22.8. The molecule has 642 valence electrons. The predicted octanol–water partition coefficient (Wildman–Crippen LogP) is 18.1. The van der Waals surface area contributed by atoms with E-state index in [1.165, 1.54) is 63.7 Å². The van der Waals surface area contributed by atoms with Crippen LogP contribution in [0.25, 0.3) is 32.7 Å². The Kier molecular flexibility index (Phi) is 46.5. The summed E-state index contributed by atoms with van der Waals surface area (Å²) in [5.74, 6) is 2.95. The second-order valence-electron chi connectivity index (χ2n) is 27.5. The van der Waals surface area contributed by atoms with E-state index in [-0.39, 0.29) is 100 Å². The van der Waals surface area contributed by atoms with E-state index in [4.69, 9.17) is 39.2 Å². The number of nitrogens with zero attached hydrogens (tertiary/aromatic N) is 2. The molecule has 0 amide bonds. The average Bonchev–Trinajstić information content (AvgIpc) is 0.842. The van der Waals surface area contributed by atoms with E-state index in [9.17, 15) is 0 Å². The van der Waals surface area contributed by atoms with Gasteiger partial charge in [0, 0.05) is 42.9 Å². The topological polar surface area (TPSA) is 204 Å². The number of ether oxygens (including phenoxy) is 4. The van der Waals surface area contributed by atoms with Gasteiger partial charge in [-0.25, -0.2) is 0 Å². The van der Waals surface area contributed by atoms with Gasteiger partial charge in [0.25, 0.3) is 0 Å². The number of methoxy groups -OCH3 is 2. The van der Waals surface area contributed by atoms with Crippen LogP contribution in [0.15, 0.2) is 478 Å². The van der Waals surface area contributed by atoms with Gasteiger partial charge in [-0.15, -0.1) is 0 Å². The van der Waals surface area contributed by atoms with Gasteiger partial charge >= 0.3 is 56.0 Å². The largest absolute Gasteiger partial charge is 2.00 e. The van der Waals surface area contributed by atoms with E-state index in [0.29, 0.717) is 23.6 Å². The smallest absolute Gasteiger partial charge is 0.870 e. The third-order valence-electron chi connectivity index (χ3n) is 19.0. The molecule has 0 radical (unpaired) electrons. The summed E-state index contributed by atoms with van der Waals surface area (Å²) in [6, 6.07) is 156. The van der Waals surface area contributed by atoms with Gasteiger partial charge in [0.2, 0.25) is 0 Å². The van der Waals surface area contributed by atoms with Crippen molar-refractivity contribution in [3.63, 3.8) is 0 Å². The summed E-state index contributed by atoms with van der Waals surface area (Å²) in [5, 5.41) is 56.3. The van der Waals surface area contributed by atoms with Crippen molar-refractivity contribution in [1.29, 1.82) is 0 Å². The molecule has 0 aliphatic carbocycles. The number of hydrogen-bond donors (Lipinski definition) is 4. The zero-order valence-electron chi connectivity index (χ0n) is 70.8. The average molecular weight is 2040 g/mol. The third-order valence-corrected chi connectivity index (χ3v) is 29.2. The molecule has 2 aromatic heterocycles. The Balaban J connectivity index is 0.000000185. The first-order chi connectivity index (χ1) is 61.1. The summed E-state index contributed by atoms with van der Waals surface area (Å²) < 4.78 is 21.7. The van der Waals surface area contributed by atoms with Crippen LogP contribution in [0, 0.1) is 0 Å². The summed E-state index contributed by atoms with van der Waals surface area (Å²) in [6.45, 7) is 0.579. The molecule has 0 spiro atoms. The second kappa shape index (κ2) is 57.7. The number of aliphatic hydroxyl groups excluding tert-OH is 2. The molecule has 0 saturated heterocycles. The fourth-order valence-electron chi connectivity index (χ4n) is 13.2. The standard InChI is InChI=1S/C18H17NO3.4C18H15P.C11H11BO3.C7H8BrNO2.Ba.2H2O.Pd/c1-21-17-5-4-13-8-14(2-3-15(13)9-17)16-10-18(12-19-11-16)22-7-6-20;4*1-4-10-16(11-5-1)19(17-12-6-2-7-13-17)18-14-8-3-9-15-18;1-15-11-5-3-8-6-10(12(13)14)4-2-9(8)7-11;8-6-3-7(5-9-4-6)11-2-1-10;;;;/h2-5,8-12,20H,6-7H2,1H3;4*1-15H;2-7,13-14H,1H3;3-5,10H,1-2H2;;2*1H2;/q;;;;;;;+2;;;/p-2. The Morgan fingerprint density at radius 2 is 0.500 bits per heavy atom. The molecule has 128 heavy (non-hydrogen) atoms. The van der Waals surface area contributed by atoms with Crippen molar-refractivity contribution >= 4 is 194 Å². The molecule has 0 fully saturated rings. The maximum atomic E-state index is 9.01. The summed E-state index contributed by atoms with van der Waals surface area (Å²) in [4.78, 5) is 8.08. The molecule has 2 heterocycles. The normalized spacial score (nSPS) is 10.1. The van der Waals surface area contributed by atoms with Gasteiger partial charge in [-0.3, -0.25) is 9.97 Å². The van der Waals surface area contributed by atoms with E-state index in [2.05, 4.69) is 408 Å². The van der Waals surface area contributed by atoms with E-state index in [0.717, 1.165) is 48.6 Å². The quantitative estimate of drug-likeness (QED) is 0.0370. The van der Waals surface area contributed by atoms with Gasteiger partial charge in [0.05, 0.1) is 39.8 Å². The first kappa shape index (κ1) is 103. The summed E-state index contributed by atoms with van der Waals surface area (Å²) >= 11 is 3.25. The van der Waals surface area contributed by atoms with Crippen molar-refractivity contribution in [3.05, 3.63) is 478 Å². The van der Waals surface area contributed by atoms with Crippen molar-refractivity contribution in [1.82, 2.24) is 9.97 Å². The van der Waals surface area contributed by atoms with Crippen LogP contribution in [0.2, 0.25) is 0 Å². The van der Waals surface area contributed by atoms with Gasteiger partial charge in [-0.05, 0) is 186 Å². The predicted molar refractivity (Wildman–Crippen MR) is 541 cm³/mol. The van der Waals surface area contributed by atoms with Gasteiger partial charge in [-0.1, -0.05) is 406 Å². The van der Waals surface area contributed by atoms with Crippen LogP contribution in [-0.2, 0) is 20.4 Å². The van der Waals surface area contributed by atoms with Gasteiger partial charge in [-0.2, -0.15) is 0 Å². The molecule has 18 rings (SSSR count). The molecular weight excluding hydrogens is 1940 g/mol. The van der Waals surface area contributed by atoms with E-state index in [1.807, 2.05) is 48.5 Å². The monoisotopic (exact) mass is 2040 g/mol. The zero-order valence-corrected chi connectivity index (χ0v) is 82.0. The minimum atomic E-state index is -1.42. The van der Waals surface area contributed by atoms with Gasteiger partial charge < -0.3 is 50.2 Å². The number of hydrogen-bond acceptors (Lipinski definition) is 12. The fraction of sp³-hybridized carbons (Fsp3) is 0.0556. The van der Waals surface area contributed by atoms with Crippen molar-refractivity contribution in [3.8, 4) is 34.1 Å². The molecule has 0 unspecified atom stereocenters. The van der Waals surface area contributed by atoms with Gasteiger partial charge in [0.15, 0.2) is 0 Å². The van der Waals surface area contributed by atoms with Crippen LogP contribution >= 0.6 is 47.6 Å². The molecule has 16 aromatic carbocycles. The van der Waals surface area contributed by atoms with Crippen LogP contribution in [-0.4, -0.2) is 138 Å². The zero-order chi connectivity index (χ0) is 86.0. The number of halogens is 1. The SMILES string of the molecule is COc1ccc2cc(-c3cncc(OCCO)c3)ccc2c1.COc1ccc2cc(B(O)O)ccc2c1.OCCOc1cncc(Br)c1.[Ba+2].[OH-].[OH-].[Pd].c1ccc(P(c2ccccc2)c2ccccc2)cc1.c1ccc(P(c2ccccc2)c2ccccc2)cc1.c1ccc(P(c2ccccc2)c2ccccc2)cc1.c1ccc(P(c2ccccc2)c2ccccc2)cc1. The first-order valence-electron chi connectivity index (χ1n) is 40.5. The third kappa shape index (κ3) is 32.2. The van der Waals surface area contributed by atoms with Crippen LogP contribution in [0.4, 0.5) is 0 Å². The minimum absolute atomic E-state index is 0. The Hall–Kier alpha value is -10.2. The van der Waals surface area contributed by atoms with Gasteiger partial charge in [0.1, 0.15) is 36.2 Å². The number of aliphatic hydroxyl groups is 2. The number of fused-ring (bicyclic) bond motifs is 2. The number of benzene rings is 16. The minimum Gasteiger partial charge on any atom is -0.870 e. The number of pyridine rings is 2. The molecule has 0 aliphatic rings. The maximum absolute atomic E-state index is 9.01. The molecule has 0 atom stereocenters. The molecular formula is C108H98BBaBrN2O10P4Pd. The second-order valence-corrected chi connectivity index (χ2v) is 37.3. The Bertz CT molecular complexity index is 5240. The van der Waals surface area contributed by atoms with E-state index < -0.39 is 38.8 Å².